The van der Waals surface area contributed by atoms with Crippen molar-refractivity contribution in [2.45, 2.75) is 44.8 Å². The standard InChI is InChI=1S/C19H28N2O3S/c1-16-6-5-7-17(14-16)15-25(23,24)21-12-8-18(9-13-21)19(22)20-10-3-2-4-11-20/h5-7,14,18H,2-4,8-13,15H2,1H3. The number of benzene rings is 1. The van der Waals surface area contributed by atoms with Crippen LogP contribution in [0.5, 0.6) is 0 Å². The van der Waals surface area contributed by atoms with Crippen molar-refractivity contribution in [1.29, 1.82) is 0 Å². The Hall–Kier alpha value is -1.40. The summed E-state index contributed by atoms with van der Waals surface area (Å²) in [7, 11) is -3.32. The molecule has 2 saturated heterocycles. The molecule has 0 N–H and O–H groups in total. The van der Waals surface area contributed by atoms with Crippen molar-refractivity contribution in [3.05, 3.63) is 35.4 Å². The molecule has 1 amide bonds. The Labute approximate surface area is 151 Å². The van der Waals surface area contributed by atoms with E-state index < -0.39 is 10.0 Å². The fourth-order valence-electron chi connectivity index (χ4n) is 3.86. The summed E-state index contributed by atoms with van der Waals surface area (Å²) >= 11 is 0. The molecular formula is C19H28N2O3S. The average molecular weight is 365 g/mol. The van der Waals surface area contributed by atoms with Gasteiger partial charge in [-0.15, -0.1) is 0 Å². The molecule has 2 heterocycles. The molecule has 1 aromatic rings. The van der Waals surface area contributed by atoms with Gasteiger partial charge in [-0.3, -0.25) is 4.79 Å². The third-order valence-corrected chi connectivity index (χ3v) is 7.15. The molecule has 6 heteroatoms. The molecule has 3 rings (SSSR count). The Morgan fingerprint density at radius 2 is 1.76 bits per heavy atom. The second-order valence-corrected chi connectivity index (χ2v) is 9.27. The zero-order chi connectivity index (χ0) is 17.9. The van der Waals surface area contributed by atoms with E-state index >= 15 is 0 Å². The first kappa shape index (κ1) is 18.4. The number of amides is 1. The summed E-state index contributed by atoms with van der Waals surface area (Å²) in [6, 6.07) is 7.64. The van der Waals surface area contributed by atoms with Crippen LogP contribution in [0.25, 0.3) is 0 Å². The van der Waals surface area contributed by atoms with Gasteiger partial charge in [0, 0.05) is 32.1 Å². The van der Waals surface area contributed by atoms with Gasteiger partial charge in [0.1, 0.15) is 0 Å². The van der Waals surface area contributed by atoms with Crippen LogP contribution in [0.4, 0.5) is 0 Å². The van der Waals surface area contributed by atoms with Crippen LogP contribution in [0.2, 0.25) is 0 Å². The van der Waals surface area contributed by atoms with Crippen molar-refractivity contribution >= 4 is 15.9 Å². The fraction of sp³-hybridized carbons (Fsp3) is 0.632. The van der Waals surface area contributed by atoms with Crippen molar-refractivity contribution in [2.24, 2.45) is 5.92 Å². The average Bonchev–Trinajstić information content (AvgIpc) is 2.61. The number of nitrogens with zero attached hydrogens (tertiary/aromatic N) is 2. The molecule has 0 aliphatic carbocycles. The van der Waals surface area contributed by atoms with Crippen molar-refractivity contribution in [2.75, 3.05) is 26.2 Å². The van der Waals surface area contributed by atoms with E-state index in [1.165, 1.54) is 6.42 Å². The number of carbonyl (C=O) groups excluding carboxylic acids is 1. The quantitative estimate of drug-likeness (QED) is 0.825. The Morgan fingerprint density at radius 3 is 2.40 bits per heavy atom. The van der Waals surface area contributed by atoms with Gasteiger partial charge in [-0.25, -0.2) is 12.7 Å². The normalized spacial score (nSPS) is 20.6. The number of carbonyl (C=O) groups is 1. The molecule has 0 radical (unpaired) electrons. The van der Waals surface area contributed by atoms with Gasteiger partial charge in [0.25, 0.3) is 0 Å². The summed E-state index contributed by atoms with van der Waals surface area (Å²) < 4.78 is 26.9. The molecule has 5 nitrogen and oxygen atoms in total. The number of likely N-dealkylation sites (tertiary alicyclic amines) is 1. The van der Waals surface area contributed by atoms with Crippen molar-refractivity contribution in [1.82, 2.24) is 9.21 Å². The minimum Gasteiger partial charge on any atom is -0.342 e. The summed E-state index contributed by atoms with van der Waals surface area (Å²) in [6.07, 6.45) is 4.68. The molecule has 0 spiro atoms. The van der Waals surface area contributed by atoms with Crippen LogP contribution in [0.15, 0.2) is 24.3 Å². The fourth-order valence-corrected chi connectivity index (χ4v) is 5.41. The number of hydrogen-bond donors (Lipinski definition) is 0. The van der Waals surface area contributed by atoms with Gasteiger partial charge in [-0.2, -0.15) is 0 Å². The zero-order valence-electron chi connectivity index (χ0n) is 15.0. The van der Waals surface area contributed by atoms with E-state index in [-0.39, 0.29) is 17.6 Å². The Bertz CT molecular complexity index is 703. The maximum atomic E-state index is 12.7. The smallest absolute Gasteiger partial charge is 0.225 e. The molecule has 138 valence electrons. The lowest BCUT2D eigenvalue weighted by Crippen LogP contribution is -2.45. The topological polar surface area (TPSA) is 57.7 Å². The van der Waals surface area contributed by atoms with Crippen LogP contribution in [0.1, 0.15) is 43.2 Å². The Balaban J connectivity index is 1.56. The van der Waals surface area contributed by atoms with Crippen LogP contribution < -0.4 is 0 Å². The highest BCUT2D eigenvalue weighted by atomic mass is 32.2. The summed E-state index contributed by atoms with van der Waals surface area (Å²) in [5, 5.41) is 0. The lowest BCUT2D eigenvalue weighted by atomic mass is 9.95. The molecule has 1 aromatic carbocycles. The lowest BCUT2D eigenvalue weighted by molar-refractivity contribution is -0.137. The SMILES string of the molecule is Cc1cccc(CS(=O)(=O)N2CCC(C(=O)N3CCCCC3)CC2)c1. The number of aryl methyl sites for hydroxylation is 1. The van der Waals surface area contributed by atoms with Gasteiger partial charge >= 0.3 is 0 Å². The number of rotatable bonds is 4. The first-order valence-electron chi connectivity index (χ1n) is 9.28. The maximum Gasteiger partial charge on any atom is 0.225 e. The molecule has 2 aliphatic rings. The van der Waals surface area contributed by atoms with Crippen LogP contribution >= 0.6 is 0 Å². The van der Waals surface area contributed by atoms with E-state index in [2.05, 4.69) is 0 Å². The predicted molar refractivity (Wildman–Crippen MR) is 98.5 cm³/mol. The number of piperidine rings is 2. The minimum absolute atomic E-state index is 0.0106. The summed E-state index contributed by atoms with van der Waals surface area (Å²) in [5.41, 5.74) is 1.89. The molecule has 0 atom stereocenters. The van der Waals surface area contributed by atoms with Gasteiger partial charge in [0.05, 0.1) is 5.75 Å². The highest BCUT2D eigenvalue weighted by Gasteiger charge is 2.33. The van der Waals surface area contributed by atoms with Crippen molar-refractivity contribution < 1.29 is 13.2 Å². The molecular weight excluding hydrogens is 336 g/mol. The van der Waals surface area contributed by atoms with Crippen LogP contribution in [0, 0.1) is 12.8 Å². The molecule has 0 saturated carbocycles. The molecule has 25 heavy (non-hydrogen) atoms. The molecule has 2 aliphatic heterocycles. The summed E-state index contributed by atoms with van der Waals surface area (Å²) in [5.74, 6) is 0.262. The van der Waals surface area contributed by atoms with Gasteiger partial charge < -0.3 is 4.90 Å². The van der Waals surface area contributed by atoms with E-state index in [0.29, 0.717) is 25.9 Å². The van der Waals surface area contributed by atoms with Gasteiger partial charge in [0.15, 0.2) is 0 Å². The first-order valence-corrected chi connectivity index (χ1v) is 10.9. The Kier molecular flexibility index (Phi) is 5.79. The van der Waals surface area contributed by atoms with Gasteiger partial charge in [-0.05, 0) is 44.6 Å². The maximum absolute atomic E-state index is 12.7. The monoisotopic (exact) mass is 364 g/mol. The number of sulfonamides is 1. The van der Waals surface area contributed by atoms with Crippen LogP contribution in [-0.4, -0.2) is 49.7 Å². The van der Waals surface area contributed by atoms with Gasteiger partial charge in [0.2, 0.25) is 15.9 Å². The van der Waals surface area contributed by atoms with Crippen LogP contribution in [-0.2, 0) is 20.6 Å². The predicted octanol–water partition coefficient (Wildman–Crippen LogP) is 2.55. The number of hydrogen-bond acceptors (Lipinski definition) is 3. The van der Waals surface area contributed by atoms with E-state index in [1.807, 2.05) is 36.1 Å². The van der Waals surface area contributed by atoms with Crippen molar-refractivity contribution in [3.63, 3.8) is 0 Å². The van der Waals surface area contributed by atoms with Crippen LogP contribution in [0.3, 0.4) is 0 Å². The van der Waals surface area contributed by atoms with E-state index in [9.17, 15) is 13.2 Å². The van der Waals surface area contributed by atoms with Gasteiger partial charge in [-0.1, -0.05) is 29.8 Å². The minimum atomic E-state index is -3.32. The molecule has 0 bridgehead atoms. The highest BCUT2D eigenvalue weighted by molar-refractivity contribution is 7.88. The van der Waals surface area contributed by atoms with E-state index in [4.69, 9.17) is 0 Å². The van der Waals surface area contributed by atoms with Crippen molar-refractivity contribution in [3.8, 4) is 0 Å². The summed E-state index contributed by atoms with van der Waals surface area (Å²) in [4.78, 5) is 14.6. The first-order chi connectivity index (χ1) is 12.0. The second kappa shape index (κ2) is 7.87. The molecule has 0 unspecified atom stereocenters. The molecule has 2 fully saturated rings. The largest absolute Gasteiger partial charge is 0.342 e. The molecule has 0 aromatic heterocycles. The third kappa shape index (κ3) is 4.61. The lowest BCUT2D eigenvalue weighted by Gasteiger charge is -2.35. The Morgan fingerprint density at radius 1 is 1.08 bits per heavy atom. The van der Waals surface area contributed by atoms with E-state index in [0.717, 1.165) is 37.1 Å². The highest BCUT2D eigenvalue weighted by Crippen LogP contribution is 2.24. The summed E-state index contributed by atoms with van der Waals surface area (Å²) in [6.45, 7) is 4.61. The zero-order valence-corrected chi connectivity index (χ0v) is 15.8. The van der Waals surface area contributed by atoms with E-state index in [1.54, 1.807) is 4.31 Å². The third-order valence-electron chi connectivity index (χ3n) is 5.30. The second-order valence-electron chi connectivity index (χ2n) is 7.30.